The van der Waals surface area contributed by atoms with Gasteiger partial charge in [-0.2, -0.15) is 5.10 Å². The molecule has 1 aliphatic heterocycles. The number of carboxylic acid groups (broad SMARTS) is 1. The molecule has 3 heterocycles. The van der Waals surface area contributed by atoms with E-state index in [9.17, 15) is 9.90 Å². The number of aryl methyl sites for hydroxylation is 1. The summed E-state index contributed by atoms with van der Waals surface area (Å²) in [6, 6.07) is 10.6. The third-order valence-corrected chi connectivity index (χ3v) is 4.80. The number of carbonyl (C=O) groups is 1. The van der Waals surface area contributed by atoms with Crippen molar-refractivity contribution in [2.45, 2.75) is 19.6 Å². The van der Waals surface area contributed by atoms with Gasteiger partial charge in [-0.25, -0.2) is 4.79 Å². The van der Waals surface area contributed by atoms with Gasteiger partial charge in [0.15, 0.2) is 0 Å². The van der Waals surface area contributed by atoms with Crippen LogP contribution in [0.25, 0.3) is 11.3 Å². The Balaban J connectivity index is 1.48. The van der Waals surface area contributed by atoms with E-state index >= 15 is 0 Å². The van der Waals surface area contributed by atoms with Crippen molar-refractivity contribution in [1.82, 2.24) is 15.1 Å². The summed E-state index contributed by atoms with van der Waals surface area (Å²) in [4.78, 5) is 13.7. The summed E-state index contributed by atoms with van der Waals surface area (Å²) < 4.78 is 11.8. The Morgan fingerprint density at radius 3 is 2.96 bits per heavy atom. The molecule has 0 spiro atoms. The van der Waals surface area contributed by atoms with Crippen LogP contribution in [-0.4, -0.2) is 45.9 Å². The fraction of sp³-hybridized carbons (Fsp3) is 0.300. The maximum atomic E-state index is 11.4. The molecule has 27 heavy (non-hydrogen) atoms. The molecule has 0 saturated carbocycles. The molecule has 0 bridgehead atoms. The van der Waals surface area contributed by atoms with Crippen LogP contribution < -0.4 is 0 Å². The van der Waals surface area contributed by atoms with E-state index in [1.165, 1.54) is 0 Å². The Morgan fingerprint density at radius 1 is 1.33 bits per heavy atom. The van der Waals surface area contributed by atoms with Gasteiger partial charge in [0, 0.05) is 18.7 Å². The van der Waals surface area contributed by atoms with Crippen molar-refractivity contribution >= 4 is 5.97 Å². The lowest BCUT2D eigenvalue weighted by atomic mass is 10.1. The van der Waals surface area contributed by atoms with Crippen LogP contribution in [0.5, 0.6) is 0 Å². The number of H-pyrrole nitrogens is 1. The van der Waals surface area contributed by atoms with E-state index in [4.69, 9.17) is 9.15 Å². The van der Waals surface area contributed by atoms with Gasteiger partial charge in [0.05, 0.1) is 30.6 Å². The molecule has 7 heteroatoms. The Morgan fingerprint density at radius 2 is 2.19 bits per heavy atom. The Bertz CT molecular complexity index is 946. The second-order valence-corrected chi connectivity index (χ2v) is 6.68. The number of aromatic amines is 1. The molecule has 1 aromatic carbocycles. The molecule has 7 nitrogen and oxygen atoms in total. The van der Waals surface area contributed by atoms with E-state index in [0.29, 0.717) is 24.5 Å². The lowest BCUT2D eigenvalue weighted by Crippen LogP contribution is -2.38. The van der Waals surface area contributed by atoms with E-state index in [0.717, 1.165) is 30.1 Å². The van der Waals surface area contributed by atoms with E-state index in [1.54, 1.807) is 24.4 Å². The number of nitrogens with zero attached hydrogens (tertiary/aromatic N) is 2. The minimum atomic E-state index is -0.963. The number of morpholine rings is 1. The first kappa shape index (κ1) is 17.5. The van der Waals surface area contributed by atoms with Crippen LogP contribution in [0, 0.1) is 6.92 Å². The number of aromatic nitrogens is 2. The van der Waals surface area contributed by atoms with Gasteiger partial charge in [0.1, 0.15) is 17.6 Å². The number of hydrogen-bond donors (Lipinski definition) is 2. The molecule has 2 aromatic heterocycles. The van der Waals surface area contributed by atoms with Crippen LogP contribution in [0.15, 0.2) is 47.0 Å². The molecule has 2 N–H and O–H groups in total. The third-order valence-electron chi connectivity index (χ3n) is 4.80. The van der Waals surface area contributed by atoms with Crippen molar-refractivity contribution in [2.24, 2.45) is 0 Å². The van der Waals surface area contributed by atoms with Crippen molar-refractivity contribution in [3.63, 3.8) is 0 Å². The van der Waals surface area contributed by atoms with Gasteiger partial charge in [-0.15, -0.1) is 0 Å². The predicted molar refractivity (Wildman–Crippen MR) is 98.4 cm³/mol. The SMILES string of the molecule is Cc1cn[nH]c1[C@@H]1CN(Cc2ccc(-c3ccccc3C(=O)O)o2)CCO1. The second-order valence-electron chi connectivity index (χ2n) is 6.68. The molecule has 1 saturated heterocycles. The minimum Gasteiger partial charge on any atom is -0.478 e. The van der Waals surface area contributed by atoms with Crippen molar-refractivity contribution in [3.8, 4) is 11.3 Å². The summed E-state index contributed by atoms with van der Waals surface area (Å²) in [6.45, 7) is 4.84. The number of nitrogens with one attached hydrogen (secondary N) is 1. The van der Waals surface area contributed by atoms with Crippen molar-refractivity contribution in [2.75, 3.05) is 19.7 Å². The lowest BCUT2D eigenvalue weighted by molar-refractivity contribution is -0.0369. The highest BCUT2D eigenvalue weighted by molar-refractivity contribution is 5.95. The van der Waals surface area contributed by atoms with Crippen LogP contribution in [0.2, 0.25) is 0 Å². The van der Waals surface area contributed by atoms with Crippen LogP contribution in [-0.2, 0) is 11.3 Å². The Hall–Kier alpha value is -2.90. The quantitative estimate of drug-likeness (QED) is 0.719. The molecule has 0 aliphatic carbocycles. The monoisotopic (exact) mass is 367 g/mol. The molecule has 0 radical (unpaired) electrons. The van der Waals surface area contributed by atoms with E-state index < -0.39 is 5.97 Å². The molecule has 3 aromatic rings. The van der Waals surface area contributed by atoms with Gasteiger partial charge in [-0.05, 0) is 30.7 Å². The molecule has 0 amide bonds. The smallest absolute Gasteiger partial charge is 0.336 e. The minimum absolute atomic E-state index is 0.0385. The number of hydrogen-bond acceptors (Lipinski definition) is 5. The molecular formula is C20H21N3O4. The first-order valence-corrected chi connectivity index (χ1v) is 8.87. The van der Waals surface area contributed by atoms with E-state index in [-0.39, 0.29) is 11.7 Å². The molecule has 1 aliphatic rings. The summed E-state index contributed by atoms with van der Waals surface area (Å²) in [5.41, 5.74) is 2.92. The highest BCUT2D eigenvalue weighted by Crippen LogP contribution is 2.28. The summed E-state index contributed by atoms with van der Waals surface area (Å²) in [5.74, 6) is 0.402. The summed E-state index contributed by atoms with van der Waals surface area (Å²) in [7, 11) is 0. The van der Waals surface area contributed by atoms with Gasteiger partial charge in [-0.3, -0.25) is 10.00 Å². The van der Waals surface area contributed by atoms with Crippen molar-refractivity contribution in [3.05, 3.63) is 65.2 Å². The zero-order chi connectivity index (χ0) is 18.8. The number of carboxylic acids is 1. The number of ether oxygens (including phenoxy) is 1. The molecule has 4 rings (SSSR count). The van der Waals surface area contributed by atoms with Crippen LogP contribution >= 0.6 is 0 Å². The highest BCUT2D eigenvalue weighted by Gasteiger charge is 2.25. The standard InChI is InChI=1S/C20H21N3O4/c1-13-10-21-22-19(13)18-12-23(8-9-26-18)11-14-6-7-17(27-14)15-4-2-3-5-16(15)20(24)25/h2-7,10,18H,8-9,11-12H2,1H3,(H,21,22)(H,24,25)/t18-/m0/s1. The number of furan rings is 1. The van der Waals surface area contributed by atoms with Gasteiger partial charge >= 0.3 is 5.97 Å². The lowest BCUT2D eigenvalue weighted by Gasteiger charge is -2.32. The number of benzene rings is 1. The first-order chi connectivity index (χ1) is 13.1. The average Bonchev–Trinajstić information content (AvgIpc) is 3.31. The van der Waals surface area contributed by atoms with Gasteiger partial charge in [-0.1, -0.05) is 18.2 Å². The van der Waals surface area contributed by atoms with E-state index in [1.807, 2.05) is 25.1 Å². The van der Waals surface area contributed by atoms with Crippen molar-refractivity contribution in [1.29, 1.82) is 0 Å². The largest absolute Gasteiger partial charge is 0.478 e. The van der Waals surface area contributed by atoms with Crippen LogP contribution in [0.4, 0.5) is 0 Å². The second kappa shape index (κ2) is 7.38. The molecule has 1 fully saturated rings. The van der Waals surface area contributed by atoms with Gasteiger partial charge in [0.2, 0.25) is 0 Å². The fourth-order valence-electron chi connectivity index (χ4n) is 3.42. The molecule has 0 unspecified atom stereocenters. The molecular weight excluding hydrogens is 346 g/mol. The summed E-state index contributed by atoms with van der Waals surface area (Å²) in [5, 5.41) is 16.5. The van der Waals surface area contributed by atoms with Crippen LogP contribution in [0.1, 0.15) is 33.5 Å². The first-order valence-electron chi connectivity index (χ1n) is 8.87. The number of rotatable bonds is 5. The van der Waals surface area contributed by atoms with Crippen molar-refractivity contribution < 1.29 is 19.1 Å². The van der Waals surface area contributed by atoms with Crippen LogP contribution in [0.3, 0.4) is 0 Å². The van der Waals surface area contributed by atoms with Gasteiger partial charge < -0.3 is 14.3 Å². The van der Waals surface area contributed by atoms with E-state index in [2.05, 4.69) is 15.1 Å². The highest BCUT2D eigenvalue weighted by atomic mass is 16.5. The average molecular weight is 367 g/mol. The molecule has 140 valence electrons. The fourth-order valence-corrected chi connectivity index (χ4v) is 3.42. The number of aromatic carboxylic acids is 1. The summed E-state index contributed by atoms with van der Waals surface area (Å²) >= 11 is 0. The third kappa shape index (κ3) is 3.65. The summed E-state index contributed by atoms with van der Waals surface area (Å²) in [6.07, 6.45) is 1.76. The Kier molecular flexibility index (Phi) is 4.79. The predicted octanol–water partition coefficient (Wildman–Crippen LogP) is 3.25. The normalized spacial score (nSPS) is 17.9. The Labute approximate surface area is 156 Å². The van der Waals surface area contributed by atoms with Gasteiger partial charge in [0.25, 0.3) is 0 Å². The maximum Gasteiger partial charge on any atom is 0.336 e. The topological polar surface area (TPSA) is 91.6 Å². The zero-order valence-corrected chi connectivity index (χ0v) is 15.0. The zero-order valence-electron chi connectivity index (χ0n) is 15.0. The maximum absolute atomic E-state index is 11.4. The molecule has 1 atom stereocenters.